The molecule has 5 heteroatoms. The minimum absolute atomic E-state index is 0.0787. The first-order valence-corrected chi connectivity index (χ1v) is 7.12. The summed E-state index contributed by atoms with van der Waals surface area (Å²) in [7, 11) is 1.80. The van der Waals surface area contributed by atoms with Crippen LogP contribution in [0.2, 0.25) is 0 Å². The van der Waals surface area contributed by atoms with Gasteiger partial charge in [-0.2, -0.15) is 5.10 Å². The first kappa shape index (κ1) is 13.8. The molecule has 0 bridgehead atoms. The highest BCUT2D eigenvalue weighted by atomic mass is 16.5. The van der Waals surface area contributed by atoms with Crippen molar-refractivity contribution < 1.29 is 9.53 Å². The zero-order valence-corrected chi connectivity index (χ0v) is 12.3. The molecular formula is C16H19N3O2. The van der Waals surface area contributed by atoms with Crippen molar-refractivity contribution in [2.24, 2.45) is 7.05 Å². The Hall–Kier alpha value is -2.14. The summed E-state index contributed by atoms with van der Waals surface area (Å²) < 4.78 is 7.39. The first-order valence-electron chi connectivity index (χ1n) is 7.12. The quantitative estimate of drug-likeness (QED) is 0.846. The molecule has 3 rings (SSSR count). The molecule has 21 heavy (non-hydrogen) atoms. The molecular weight excluding hydrogens is 266 g/mol. The fourth-order valence-electron chi connectivity index (χ4n) is 2.37. The molecule has 0 spiro atoms. The summed E-state index contributed by atoms with van der Waals surface area (Å²) in [5.41, 5.74) is 2.49. The van der Waals surface area contributed by atoms with Gasteiger partial charge in [0.25, 0.3) is 0 Å². The molecule has 0 saturated carbocycles. The van der Waals surface area contributed by atoms with Crippen LogP contribution in [0.1, 0.15) is 21.7 Å². The summed E-state index contributed by atoms with van der Waals surface area (Å²) in [4.78, 5) is 12.3. The molecule has 1 aliphatic rings. The van der Waals surface area contributed by atoms with Crippen LogP contribution in [0.5, 0.6) is 5.75 Å². The van der Waals surface area contributed by atoms with Crippen LogP contribution in [0.4, 0.5) is 0 Å². The molecule has 1 aromatic carbocycles. The molecule has 1 fully saturated rings. The fraction of sp³-hybridized carbons (Fsp3) is 0.375. The van der Waals surface area contributed by atoms with Crippen LogP contribution in [-0.2, 0) is 13.5 Å². The van der Waals surface area contributed by atoms with E-state index in [4.69, 9.17) is 4.74 Å². The summed E-state index contributed by atoms with van der Waals surface area (Å²) >= 11 is 0. The number of rotatable bonds is 5. The van der Waals surface area contributed by atoms with Gasteiger partial charge in [0.05, 0.1) is 5.69 Å². The third-order valence-electron chi connectivity index (χ3n) is 3.62. The van der Waals surface area contributed by atoms with Gasteiger partial charge in [0.15, 0.2) is 5.78 Å². The highest BCUT2D eigenvalue weighted by Gasteiger charge is 2.18. The van der Waals surface area contributed by atoms with Crippen LogP contribution in [-0.4, -0.2) is 34.8 Å². The second-order valence-corrected chi connectivity index (χ2v) is 5.44. The Bertz CT molecular complexity index is 642. The van der Waals surface area contributed by atoms with Gasteiger partial charge in [-0.05, 0) is 30.7 Å². The monoisotopic (exact) mass is 285 g/mol. The van der Waals surface area contributed by atoms with Crippen molar-refractivity contribution in [3.05, 3.63) is 47.3 Å². The van der Waals surface area contributed by atoms with E-state index in [0.717, 1.165) is 30.1 Å². The predicted molar refractivity (Wildman–Crippen MR) is 79.7 cm³/mol. The number of carbonyl (C=O) groups is 1. The number of ketones is 1. The summed E-state index contributed by atoms with van der Waals surface area (Å²) in [6, 6.07) is 9.57. The van der Waals surface area contributed by atoms with Gasteiger partial charge in [0.1, 0.15) is 17.5 Å². The number of nitrogens with one attached hydrogen (secondary N) is 1. The van der Waals surface area contributed by atoms with Crippen molar-refractivity contribution in [2.75, 3.05) is 13.1 Å². The lowest BCUT2D eigenvalue weighted by atomic mass is 10.1. The third kappa shape index (κ3) is 3.13. The first-order chi connectivity index (χ1) is 10.1. The summed E-state index contributed by atoms with van der Waals surface area (Å²) in [5.74, 6) is 0.934. The number of ether oxygens (including phenoxy) is 1. The smallest absolute Gasteiger partial charge is 0.185 e. The molecule has 1 aliphatic heterocycles. The van der Waals surface area contributed by atoms with E-state index in [1.165, 1.54) is 0 Å². The number of aryl methyl sites for hydroxylation is 2. The van der Waals surface area contributed by atoms with Crippen LogP contribution < -0.4 is 10.1 Å². The van der Waals surface area contributed by atoms with Gasteiger partial charge < -0.3 is 10.1 Å². The molecule has 110 valence electrons. The van der Waals surface area contributed by atoms with Gasteiger partial charge in [0.2, 0.25) is 0 Å². The summed E-state index contributed by atoms with van der Waals surface area (Å²) in [6.07, 6.45) is 0.652. The Morgan fingerprint density at radius 2 is 2.10 bits per heavy atom. The molecule has 0 unspecified atom stereocenters. The van der Waals surface area contributed by atoms with E-state index >= 15 is 0 Å². The van der Waals surface area contributed by atoms with E-state index in [1.54, 1.807) is 11.7 Å². The second-order valence-electron chi connectivity index (χ2n) is 5.44. The van der Waals surface area contributed by atoms with Crippen molar-refractivity contribution in [2.45, 2.75) is 19.4 Å². The Morgan fingerprint density at radius 3 is 2.62 bits per heavy atom. The topological polar surface area (TPSA) is 56.1 Å². The largest absolute Gasteiger partial charge is 0.488 e. The molecule has 1 N–H and O–H groups in total. The number of carbonyl (C=O) groups excluding carboxylic acids is 1. The molecule has 5 nitrogen and oxygen atoms in total. The van der Waals surface area contributed by atoms with Crippen molar-refractivity contribution in [1.82, 2.24) is 15.1 Å². The molecule has 1 aromatic heterocycles. The van der Waals surface area contributed by atoms with Gasteiger partial charge in [-0.3, -0.25) is 9.48 Å². The average molecular weight is 285 g/mol. The van der Waals surface area contributed by atoms with Crippen LogP contribution in [0.15, 0.2) is 30.3 Å². The average Bonchev–Trinajstić information content (AvgIpc) is 2.75. The fourth-order valence-corrected chi connectivity index (χ4v) is 2.37. The van der Waals surface area contributed by atoms with Crippen LogP contribution in [0.3, 0.4) is 0 Å². The highest BCUT2D eigenvalue weighted by molar-refractivity contribution is 5.96. The van der Waals surface area contributed by atoms with E-state index in [1.807, 2.05) is 37.3 Å². The number of Topliss-reactive ketones (excluding diaryl/α,β-unsaturated/α-hetero) is 1. The van der Waals surface area contributed by atoms with Crippen molar-refractivity contribution in [3.63, 3.8) is 0 Å². The number of aromatic nitrogens is 2. The minimum Gasteiger partial charge on any atom is -0.488 e. The SMILES string of the molecule is Cc1cc(C(=O)Cc2ccc(OC3CNC3)cc2)n(C)n1. The summed E-state index contributed by atoms with van der Waals surface area (Å²) in [5, 5.41) is 7.37. The van der Waals surface area contributed by atoms with Gasteiger partial charge in [0, 0.05) is 26.6 Å². The van der Waals surface area contributed by atoms with E-state index < -0.39 is 0 Å². The number of hydrogen-bond acceptors (Lipinski definition) is 4. The third-order valence-corrected chi connectivity index (χ3v) is 3.62. The minimum atomic E-state index is 0.0787. The zero-order valence-electron chi connectivity index (χ0n) is 12.3. The number of hydrogen-bond donors (Lipinski definition) is 1. The summed E-state index contributed by atoms with van der Waals surface area (Å²) in [6.45, 7) is 3.69. The van der Waals surface area contributed by atoms with Gasteiger partial charge >= 0.3 is 0 Å². The number of nitrogens with zero attached hydrogens (tertiary/aromatic N) is 2. The molecule has 0 aliphatic carbocycles. The molecule has 0 atom stereocenters. The molecule has 2 heterocycles. The van der Waals surface area contributed by atoms with Gasteiger partial charge in [-0.25, -0.2) is 0 Å². The standard InChI is InChI=1S/C16H19N3O2/c1-11-7-15(19(2)18-11)16(20)8-12-3-5-13(6-4-12)21-14-9-17-10-14/h3-7,14,17H,8-10H2,1-2H3. The van der Waals surface area contributed by atoms with E-state index in [0.29, 0.717) is 12.1 Å². The maximum absolute atomic E-state index is 12.3. The van der Waals surface area contributed by atoms with Crippen LogP contribution in [0.25, 0.3) is 0 Å². The van der Waals surface area contributed by atoms with Crippen molar-refractivity contribution in [3.8, 4) is 5.75 Å². The van der Waals surface area contributed by atoms with Gasteiger partial charge in [-0.15, -0.1) is 0 Å². The van der Waals surface area contributed by atoms with Gasteiger partial charge in [-0.1, -0.05) is 12.1 Å². The second kappa shape index (κ2) is 5.69. The Labute approximate surface area is 123 Å². The van der Waals surface area contributed by atoms with Crippen LogP contribution >= 0.6 is 0 Å². The molecule has 0 radical (unpaired) electrons. The van der Waals surface area contributed by atoms with Crippen LogP contribution in [0, 0.1) is 6.92 Å². The van der Waals surface area contributed by atoms with E-state index in [9.17, 15) is 4.79 Å². The lowest BCUT2D eigenvalue weighted by Gasteiger charge is -2.27. The zero-order chi connectivity index (χ0) is 14.8. The maximum Gasteiger partial charge on any atom is 0.185 e. The Balaban J connectivity index is 1.64. The van der Waals surface area contributed by atoms with E-state index in [2.05, 4.69) is 10.4 Å². The molecule has 0 amide bonds. The molecule has 1 saturated heterocycles. The lowest BCUT2D eigenvalue weighted by molar-refractivity contribution is 0.0984. The predicted octanol–water partition coefficient (Wildman–Crippen LogP) is 1.50. The maximum atomic E-state index is 12.3. The highest BCUT2D eigenvalue weighted by Crippen LogP contribution is 2.16. The number of benzene rings is 1. The normalized spacial score (nSPS) is 14.8. The van der Waals surface area contributed by atoms with Crippen molar-refractivity contribution >= 4 is 5.78 Å². The lowest BCUT2D eigenvalue weighted by Crippen LogP contribution is -2.50. The van der Waals surface area contributed by atoms with E-state index in [-0.39, 0.29) is 11.9 Å². The van der Waals surface area contributed by atoms with Crippen molar-refractivity contribution in [1.29, 1.82) is 0 Å². The Kier molecular flexibility index (Phi) is 3.75. The Morgan fingerprint density at radius 1 is 1.38 bits per heavy atom. The molecule has 2 aromatic rings.